The second-order valence-electron chi connectivity index (χ2n) is 4.48. The molecule has 0 spiro atoms. The van der Waals surface area contributed by atoms with Crippen LogP contribution in [0.2, 0.25) is 15.1 Å². The Labute approximate surface area is 149 Å². The van der Waals surface area contributed by atoms with Crippen LogP contribution in [0.15, 0.2) is 30.3 Å². The van der Waals surface area contributed by atoms with Crippen LogP contribution < -0.4 is 14.8 Å². The minimum atomic E-state index is -0.391. The standard InChI is InChI=1S/C16H14Cl3NO3/c1-3-23-15-11(18)7-9(8-13(15)22-2)16(21)20-12-6-4-5-10(17)14(12)19/h4-8H,3H2,1-2H3,(H,20,21). The molecule has 2 aromatic rings. The van der Waals surface area contributed by atoms with Gasteiger partial charge in [-0.1, -0.05) is 40.9 Å². The highest BCUT2D eigenvalue weighted by Crippen LogP contribution is 2.37. The molecule has 7 heteroatoms. The van der Waals surface area contributed by atoms with Crippen molar-refractivity contribution in [2.75, 3.05) is 19.0 Å². The van der Waals surface area contributed by atoms with Crippen LogP contribution in [-0.2, 0) is 0 Å². The number of hydrogen-bond donors (Lipinski definition) is 1. The molecule has 1 amide bonds. The van der Waals surface area contributed by atoms with E-state index >= 15 is 0 Å². The number of anilines is 1. The average molecular weight is 375 g/mol. The largest absolute Gasteiger partial charge is 0.493 e. The van der Waals surface area contributed by atoms with Crippen molar-refractivity contribution in [3.8, 4) is 11.5 Å². The Kier molecular flexibility index (Phi) is 5.99. The van der Waals surface area contributed by atoms with Crippen LogP contribution in [0.25, 0.3) is 0 Å². The van der Waals surface area contributed by atoms with Gasteiger partial charge in [0, 0.05) is 5.56 Å². The summed E-state index contributed by atoms with van der Waals surface area (Å²) in [6.07, 6.45) is 0. The number of carbonyl (C=O) groups is 1. The van der Waals surface area contributed by atoms with Gasteiger partial charge < -0.3 is 14.8 Å². The number of carbonyl (C=O) groups excluding carboxylic acids is 1. The maximum Gasteiger partial charge on any atom is 0.255 e. The van der Waals surface area contributed by atoms with Gasteiger partial charge in [-0.2, -0.15) is 0 Å². The monoisotopic (exact) mass is 373 g/mol. The Morgan fingerprint density at radius 2 is 1.91 bits per heavy atom. The van der Waals surface area contributed by atoms with Crippen LogP contribution in [0.3, 0.4) is 0 Å². The van der Waals surface area contributed by atoms with Crippen molar-refractivity contribution in [2.45, 2.75) is 6.92 Å². The molecule has 0 saturated heterocycles. The molecule has 1 N–H and O–H groups in total. The Hall–Kier alpha value is -1.62. The Morgan fingerprint density at radius 3 is 2.57 bits per heavy atom. The summed E-state index contributed by atoms with van der Waals surface area (Å²) in [4.78, 5) is 12.4. The van der Waals surface area contributed by atoms with Gasteiger partial charge in [-0.25, -0.2) is 0 Å². The van der Waals surface area contributed by atoms with Crippen LogP contribution in [0.1, 0.15) is 17.3 Å². The minimum Gasteiger partial charge on any atom is -0.493 e. The molecule has 0 aliphatic rings. The van der Waals surface area contributed by atoms with E-state index < -0.39 is 5.91 Å². The molecular weight excluding hydrogens is 361 g/mol. The van der Waals surface area contributed by atoms with Gasteiger partial charge in [-0.05, 0) is 31.2 Å². The van der Waals surface area contributed by atoms with Crippen molar-refractivity contribution in [3.63, 3.8) is 0 Å². The molecule has 0 bridgehead atoms. The molecule has 0 atom stereocenters. The first-order valence-corrected chi connectivity index (χ1v) is 7.87. The molecule has 0 aromatic heterocycles. The molecule has 0 heterocycles. The molecule has 4 nitrogen and oxygen atoms in total. The second kappa shape index (κ2) is 7.77. The van der Waals surface area contributed by atoms with Crippen molar-refractivity contribution in [1.29, 1.82) is 0 Å². The van der Waals surface area contributed by atoms with Crippen LogP contribution in [-0.4, -0.2) is 19.6 Å². The Morgan fingerprint density at radius 1 is 1.17 bits per heavy atom. The molecule has 0 radical (unpaired) electrons. The Bertz CT molecular complexity index is 735. The zero-order valence-corrected chi connectivity index (χ0v) is 14.7. The van der Waals surface area contributed by atoms with Crippen LogP contribution in [0.4, 0.5) is 5.69 Å². The maximum absolute atomic E-state index is 12.4. The highest BCUT2D eigenvalue weighted by atomic mass is 35.5. The second-order valence-corrected chi connectivity index (χ2v) is 5.67. The van der Waals surface area contributed by atoms with Gasteiger partial charge >= 0.3 is 0 Å². The molecule has 0 aliphatic carbocycles. The van der Waals surface area contributed by atoms with Crippen LogP contribution >= 0.6 is 34.8 Å². The fourth-order valence-electron chi connectivity index (χ4n) is 1.93. The average Bonchev–Trinajstić information content (AvgIpc) is 2.53. The number of amides is 1. The summed E-state index contributed by atoms with van der Waals surface area (Å²) in [6, 6.07) is 8.03. The quantitative estimate of drug-likeness (QED) is 0.772. The van der Waals surface area contributed by atoms with E-state index in [4.69, 9.17) is 44.3 Å². The first-order chi connectivity index (χ1) is 11.0. The van der Waals surface area contributed by atoms with Gasteiger partial charge in [0.2, 0.25) is 0 Å². The number of methoxy groups -OCH3 is 1. The third-order valence-corrected chi connectivity index (χ3v) is 4.08. The molecule has 0 aliphatic heterocycles. The molecule has 122 valence electrons. The third kappa shape index (κ3) is 4.02. The van der Waals surface area contributed by atoms with E-state index in [1.54, 1.807) is 24.3 Å². The van der Waals surface area contributed by atoms with Crippen molar-refractivity contribution in [2.24, 2.45) is 0 Å². The molecule has 23 heavy (non-hydrogen) atoms. The summed E-state index contributed by atoms with van der Waals surface area (Å²) in [5, 5.41) is 3.60. The lowest BCUT2D eigenvalue weighted by Gasteiger charge is -2.13. The van der Waals surface area contributed by atoms with Gasteiger partial charge in [0.1, 0.15) is 0 Å². The summed E-state index contributed by atoms with van der Waals surface area (Å²) in [5.74, 6) is 0.383. The molecule has 2 aromatic carbocycles. The molecule has 0 unspecified atom stereocenters. The fraction of sp³-hybridized carbons (Fsp3) is 0.188. The fourth-order valence-corrected chi connectivity index (χ4v) is 2.54. The van der Waals surface area contributed by atoms with Gasteiger partial charge in [0.25, 0.3) is 5.91 Å². The van der Waals surface area contributed by atoms with E-state index in [9.17, 15) is 4.79 Å². The lowest BCUT2D eigenvalue weighted by molar-refractivity contribution is 0.102. The van der Waals surface area contributed by atoms with Gasteiger partial charge in [0.15, 0.2) is 11.5 Å². The summed E-state index contributed by atoms with van der Waals surface area (Å²) < 4.78 is 10.6. The summed E-state index contributed by atoms with van der Waals surface area (Å²) in [5.41, 5.74) is 0.722. The topological polar surface area (TPSA) is 47.6 Å². The first kappa shape index (κ1) is 17.7. The van der Waals surface area contributed by atoms with E-state index in [1.807, 2.05) is 6.92 Å². The van der Waals surface area contributed by atoms with E-state index in [0.29, 0.717) is 34.4 Å². The SMILES string of the molecule is CCOc1c(Cl)cc(C(=O)Nc2cccc(Cl)c2Cl)cc1OC. The highest BCUT2D eigenvalue weighted by molar-refractivity contribution is 6.44. The summed E-state index contributed by atoms with van der Waals surface area (Å²) in [6.45, 7) is 2.26. The van der Waals surface area contributed by atoms with E-state index in [0.717, 1.165) is 0 Å². The number of rotatable bonds is 5. The zero-order valence-electron chi connectivity index (χ0n) is 12.5. The van der Waals surface area contributed by atoms with Crippen molar-refractivity contribution in [1.82, 2.24) is 0 Å². The number of benzene rings is 2. The molecule has 0 fully saturated rings. The number of ether oxygens (including phenoxy) is 2. The van der Waals surface area contributed by atoms with E-state index in [1.165, 1.54) is 13.2 Å². The zero-order chi connectivity index (χ0) is 17.0. The number of halogens is 3. The van der Waals surface area contributed by atoms with Gasteiger partial charge in [0.05, 0.1) is 34.5 Å². The van der Waals surface area contributed by atoms with Crippen molar-refractivity contribution < 1.29 is 14.3 Å². The molecule has 0 saturated carbocycles. The van der Waals surface area contributed by atoms with Crippen LogP contribution in [0.5, 0.6) is 11.5 Å². The summed E-state index contributed by atoms with van der Waals surface area (Å²) in [7, 11) is 1.48. The summed E-state index contributed by atoms with van der Waals surface area (Å²) >= 11 is 18.2. The normalized spacial score (nSPS) is 10.3. The van der Waals surface area contributed by atoms with E-state index in [-0.39, 0.29) is 10.0 Å². The third-order valence-electron chi connectivity index (χ3n) is 2.98. The van der Waals surface area contributed by atoms with Crippen molar-refractivity contribution >= 4 is 46.4 Å². The van der Waals surface area contributed by atoms with Crippen LogP contribution in [0, 0.1) is 0 Å². The highest BCUT2D eigenvalue weighted by Gasteiger charge is 2.17. The number of nitrogens with one attached hydrogen (secondary N) is 1. The maximum atomic E-state index is 12.4. The van der Waals surface area contributed by atoms with Gasteiger partial charge in [-0.15, -0.1) is 0 Å². The lowest BCUT2D eigenvalue weighted by Crippen LogP contribution is -2.13. The predicted molar refractivity (Wildman–Crippen MR) is 93.6 cm³/mol. The number of hydrogen-bond acceptors (Lipinski definition) is 3. The minimum absolute atomic E-state index is 0.270. The lowest BCUT2D eigenvalue weighted by atomic mass is 10.1. The first-order valence-electron chi connectivity index (χ1n) is 6.73. The Balaban J connectivity index is 2.32. The smallest absolute Gasteiger partial charge is 0.255 e. The molecule has 2 rings (SSSR count). The molecular formula is C16H14Cl3NO3. The van der Waals surface area contributed by atoms with Crippen molar-refractivity contribution in [3.05, 3.63) is 51.0 Å². The van der Waals surface area contributed by atoms with E-state index in [2.05, 4.69) is 5.32 Å². The predicted octanol–water partition coefficient (Wildman–Crippen LogP) is 5.31. The van der Waals surface area contributed by atoms with Gasteiger partial charge in [-0.3, -0.25) is 4.79 Å².